The smallest absolute Gasteiger partial charge is 0.322 e. The number of carbonyl (C=O) groups is 4. The van der Waals surface area contributed by atoms with E-state index >= 15 is 0 Å². The van der Waals surface area contributed by atoms with Crippen LogP contribution in [0.1, 0.15) is 12.5 Å². The van der Waals surface area contributed by atoms with Crippen molar-refractivity contribution >= 4 is 47.2 Å². The second-order valence-electron chi connectivity index (χ2n) is 7.25. The summed E-state index contributed by atoms with van der Waals surface area (Å²) < 4.78 is 0. The highest BCUT2D eigenvalue weighted by Gasteiger charge is 2.31. The number of thiol groups is 1. The Morgan fingerprint density at radius 2 is 1.81 bits per heavy atom. The van der Waals surface area contributed by atoms with Gasteiger partial charge in [0.05, 0.1) is 12.1 Å². The first-order valence-electron chi connectivity index (χ1n) is 9.83. The maximum atomic E-state index is 13.0. The van der Waals surface area contributed by atoms with Crippen LogP contribution in [-0.4, -0.2) is 75.4 Å². The van der Waals surface area contributed by atoms with E-state index < -0.39 is 54.5 Å². The number of para-hydroxylation sites is 1. The van der Waals surface area contributed by atoms with Gasteiger partial charge in [-0.05, 0) is 18.6 Å². The number of benzene rings is 1. The van der Waals surface area contributed by atoms with Gasteiger partial charge in [-0.1, -0.05) is 18.2 Å². The van der Waals surface area contributed by atoms with Crippen LogP contribution in [0.15, 0.2) is 30.5 Å². The van der Waals surface area contributed by atoms with Gasteiger partial charge >= 0.3 is 5.97 Å². The highest BCUT2D eigenvalue weighted by molar-refractivity contribution is 7.80. The molecular formula is C20H27N5O6S. The number of nitrogens with one attached hydrogen (secondary N) is 4. The number of aliphatic carboxylic acids is 1. The lowest BCUT2D eigenvalue weighted by atomic mass is 10.0. The number of carbonyl (C=O) groups excluding carboxylic acids is 3. The number of carboxylic acids is 1. The normalized spacial score (nSPS) is 14.8. The van der Waals surface area contributed by atoms with Gasteiger partial charge in [-0.25, -0.2) is 0 Å². The van der Waals surface area contributed by atoms with Crippen LogP contribution in [0.25, 0.3) is 10.9 Å². The molecule has 12 heteroatoms. The molecule has 8 N–H and O–H groups in total. The topological polar surface area (TPSA) is 187 Å². The molecule has 0 aliphatic carbocycles. The number of hydrogen-bond acceptors (Lipinski definition) is 7. The predicted octanol–water partition coefficient (Wildman–Crippen LogP) is -1.48. The van der Waals surface area contributed by atoms with Gasteiger partial charge in [-0.3, -0.25) is 19.2 Å². The van der Waals surface area contributed by atoms with Crippen LogP contribution in [0.5, 0.6) is 0 Å². The third-order valence-corrected chi connectivity index (χ3v) is 5.14. The molecule has 4 unspecified atom stereocenters. The molecule has 4 atom stereocenters. The Morgan fingerprint density at radius 1 is 1.12 bits per heavy atom. The van der Waals surface area contributed by atoms with Crippen molar-refractivity contribution in [2.75, 3.05) is 12.3 Å². The summed E-state index contributed by atoms with van der Waals surface area (Å²) in [5.74, 6) is -3.45. The number of nitrogens with two attached hydrogens (primary N) is 1. The molecular weight excluding hydrogens is 438 g/mol. The first-order valence-corrected chi connectivity index (χ1v) is 10.5. The minimum Gasteiger partial charge on any atom is -0.480 e. The van der Waals surface area contributed by atoms with Gasteiger partial charge in [0.25, 0.3) is 0 Å². The summed E-state index contributed by atoms with van der Waals surface area (Å²) in [6, 6.07) is 3.89. The summed E-state index contributed by atoms with van der Waals surface area (Å²) in [7, 11) is 0. The Kier molecular flexibility index (Phi) is 9.05. The van der Waals surface area contributed by atoms with Crippen LogP contribution in [0.4, 0.5) is 0 Å². The van der Waals surface area contributed by atoms with Gasteiger partial charge in [0.1, 0.15) is 18.6 Å². The number of H-pyrrole nitrogens is 1. The largest absolute Gasteiger partial charge is 0.480 e. The number of aliphatic hydroxyl groups is 1. The zero-order valence-corrected chi connectivity index (χ0v) is 18.3. The molecule has 0 radical (unpaired) electrons. The van der Waals surface area contributed by atoms with Crippen molar-refractivity contribution in [3.05, 3.63) is 36.0 Å². The maximum Gasteiger partial charge on any atom is 0.322 e. The number of hydrogen-bond donors (Lipinski definition) is 8. The van der Waals surface area contributed by atoms with Crippen LogP contribution in [0, 0.1) is 0 Å². The Balaban J connectivity index is 2.24. The third-order valence-electron chi connectivity index (χ3n) is 4.74. The van der Waals surface area contributed by atoms with Crippen LogP contribution in [-0.2, 0) is 25.6 Å². The number of carboxylic acid groups (broad SMARTS) is 1. The third kappa shape index (κ3) is 6.70. The summed E-state index contributed by atoms with van der Waals surface area (Å²) in [6.45, 7) is 0.597. The van der Waals surface area contributed by atoms with E-state index in [-0.39, 0.29) is 12.2 Å². The van der Waals surface area contributed by atoms with E-state index in [1.54, 1.807) is 6.20 Å². The second-order valence-corrected chi connectivity index (χ2v) is 7.62. The molecule has 32 heavy (non-hydrogen) atoms. The maximum absolute atomic E-state index is 13.0. The Bertz CT molecular complexity index is 978. The zero-order valence-electron chi connectivity index (χ0n) is 17.4. The molecule has 2 rings (SSSR count). The number of amides is 3. The molecule has 3 amide bonds. The molecule has 1 aromatic carbocycles. The molecule has 174 valence electrons. The van der Waals surface area contributed by atoms with E-state index in [9.17, 15) is 24.3 Å². The van der Waals surface area contributed by atoms with Crippen molar-refractivity contribution in [2.45, 2.75) is 37.6 Å². The predicted molar refractivity (Wildman–Crippen MR) is 120 cm³/mol. The summed E-state index contributed by atoms with van der Waals surface area (Å²) in [6.07, 6.45) is 0.461. The molecule has 0 bridgehead atoms. The lowest BCUT2D eigenvalue weighted by Gasteiger charge is -2.25. The standard InChI is InChI=1S/C20H27N5O6S/c1-10(26)17(20(31)23-8-16(27)28)25-19(30)15(24-18(29)13(21)9-32)6-11-7-22-14-5-3-2-4-12(11)14/h2-5,7,10,13,15,17,22,26,32H,6,8-9,21H2,1H3,(H,23,31)(H,24,29)(H,25,30)(H,27,28). The van der Waals surface area contributed by atoms with E-state index in [2.05, 4.69) is 33.6 Å². The first-order chi connectivity index (χ1) is 15.1. The monoisotopic (exact) mass is 465 g/mol. The average Bonchev–Trinajstić information content (AvgIpc) is 3.17. The fourth-order valence-corrected chi connectivity index (χ4v) is 3.19. The Labute approximate surface area is 189 Å². The van der Waals surface area contributed by atoms with Gasteiger partial charge < -0.3 is 36.9 Å². The number of aliphatic hydroxyl groups excluding tert-OH is 1. The summed E-state index contributed by atoms with van der Waals surface area (Å²) in [4.78, 5) is 51.4. The van der Waals surface area contributed by atoms with Crippen molar-refractivity contribution in [3.63, 3.8) is 0 Å². The van der Waals surface area contributed by atoms with Crippen molar-refractivity contribution in [1.29, 1.82) is 0 Å². The number of rotatable bonds is 11. The highest BCUT2D eigenvalue weighted by atomic mass is 32.1. The number of aromatic amines is 1. The molecule has 0 saturated carbocycles. The van der Waals surface area contributed by atoms with Crippen LogP contribution in [0.2, 0.25) is 0 Å². The quantitative estimate of drug-likeness (QED) is 0.186. The molecule has 0 fully saturated rings. The van der Waals surface area contributed by atoms with Gasteiger partial charge in [0.2, 0.25) is 17.7 Å². The Hall–Kier alpha value is -3.09. The van der Waals surface area contributed by atoms with Gasteiger partial charge in [-0.15, -0.1) is 0 Å². The summed E-state index contributed by atoms with van der Waals surface area (Å²) in [5.41, 5.74) is 7.29. The average molecular weight is 466 g/mol. The van der Waals surface area contributed by atoms with Gasteiger partial charge in [0, 0.05) is 29.3 Å². The number of fused-ring (bicyclic) bond motifs is 1. The molecule has 0 aliphatic heterocycles. The lowest BCUT2D eigenvalue weighted by Crippen LogP contribution is -2.59. The summed E-state index contributed by atoms with van der Waals surface area (Å²) >= 11 is 3.99. The Morgan fingerprint density at radius 3 is 2.44 bits per heavy atom. The fraction of sp³-hybridized carbons (Fsp3) is 0.400. The van der Waals surface area contributed by atoms with Crippen molar-refractivity contribution in [3.8, 4) is 0 Å². The van der Waals surface area contributed by atoms with E-state index in [1.165, 1.54) is 6.92 Å². The van der Waals surface area contributed by atoms with Gasteiger partial charge in [0.15, 0.2) is 0 Å². The van der Waals surface area contributed by atoms with E-state index in [0.717, 1.165) is 16.5 Å². The van der Waals surface area contributed by atoms with Crippen LogP contribution >= 0.6 is 12.6 Å². The minimum atomic E-state index is -1.43. The molecule has 11 nitrogen and oxygen atoms in total. The second kappa shape index (κ2) is 11.5. The molecule has 0 aliphatic rings. The van der Waals surface area contributed by atoms with Crippen molar-refractivity contribution in [1.82, 2.24) is 20.9 Å². The lowest BCUT2D eigenvalue weighted by molar-refractivity contribution is -0.139. The van der Waals surface area contributed by atoms with E-state index in [0.29, 0.717) is 0 Å². The fourth-order valence-electron chi connectivity index (χ4n) is 3.02. The van der Waals surface area contributed by atoms with Crippen LogP contribution in [0.3, 0.4) is 0 Å². The molecule has 2 aromatic rings. The molecule has 1 aromatic heterocycles. The van der Waals surface area contributed by atoms with Crippen molar-refractivity contribution in [2.24, 2.45) is 5.73 Å². The number of aromatic nitrogens is 1. The van der Waals surface area contributed by atoms with Crippen molar-refractivity contribution < 1.29 is 29.4 Å². The van der Waals surface area contributed by atoms with E-state index in [1.807, 2.05) is 24.3 Å². The van der Waals surface area contributed by atoms with Gasteiger partial charge in [-0.2, -0.15) is 12.6 Å². The van der Waals surface area contributed by atoms with E-state index in [4.69, 9.17) is 10.8 Å². The SMILES string of the molecule is CC(O)C(NC(=O)C(Cc1c[nH]c2ccccc12)NC(=O)C(N)CS)C(=O)NCC(=O)O. The molecule has 1 heterocycles. The zero-order chi connectivity index (χ0) is 23.8. The summed E-state index contributed by atoms with van der Waals surface area (Å²) in [5, 5.41) is 26.6. The molecule has 0 spiro atoms. The first kappa shape index (κ1) is 25.2. The molecule has 0 saturated heterocycles. The van der Waals surface area contributed by atoms with Crippen LogP contribution < -0.4 is 21.7 Å². The highest BCUT2D eigenvalue weighted by Crippen LogP contribution is 2.19. The minimum absolute atomic E-state index is 0.0567.